The Morgan fingerprint density at radius 2 is 1.86 bits per heavy atom. The molecule has 0 radical (unpaired) electrons. The topological polar surface area (TPSA) is 83.4 Å². The van der Waals surface area contributed by atoms with E-state index in [0.717, 1.165) is 5.56 Å². The molecule has 0 bridgehead atoms. The number of hydrogen-bond acceptors (Lipinski definition) is 5. The highest BCUT2D eigenvalue weighted by molar-refractivity contribution is 6.36. The highest BCUT2D eigenvalue weighted by atomic mass is 35.5. The second-order valence-corrected chi connectivity index (χ2v) is 6.59. The van der Waals surface area contributed by atoms with Crippen molar-refractivity contribution in [2.75, 3.05) is 19.5 Å². The molecule has 0 saturated heterocycles. The summed E-state index contributed by atoms with van der Waals surface area (Å²) in [6, 6.07) is 11.8. The SMILES string of the molecule is COc1ccc(C(C)N/C=C(/C#N)C(=O)Nc2ccc(Cl)cc2Cl)cc1OC. The lowest BCUT2D eigenvalue weighted by molar-refractivity contribution is -0.112. The van der Waals surface area contributed by atoms with Gasteiger partial charge in [-0.1, -0.05) is 29.3 Å². The van der Waals surface area contributed by atoms with Crippen LogP contribution in [-0.2, 0) is 4.79 Å². The molecule has 2 aromatic rings. The fourth-order valence-corrected chi connectivity index (χ4v) is 2.81. The van der Waals surface area contributed by atoms with Crippen LogP contribution in [-0.4, -0.2) is 20.1 Å². The summed E-state index contributed by atoms with van der Waals surface area (Å²) in [5.74, 6) is 0.623. The van der Waals surface area contributed by atoms with Crippen LogP contribution in [0.4, 0.5) is 5.69 Å². The average molecular weight is 420 g/mol. The lowest BCUT2D eigenvalue weighted by Gasteiger charge is -2.15. The molecule has 0 heterocycles. The maximum atomic E-state index is 12.3. The Kier molecular flexibility index (Phi) is 7.56. The van der Waals surface area contributed by atoms with Crippen molar-refractivity contribution >= 4 is 34.8 Å². The van der Waals surface area contributed by atoms with E-state index in [1.807, 2.05) is 25.1 Å². The number of halogens is 2. The highest BCUT2D eigenvalue weighted by Crippen LogP contribution is 2.30. The van der Waals surface area contributed by atoms with Crippen molar-refractivity contribution in [1.29, 1.82) is 5.26 Å². The minimum absolute atomic E-state index is 0.0988. The van der Waals surface area contributed by atoms with Gasteiger partial charge in [0.05, 0.1) is 24.9 Å². The standard InChI is InChI=1S/C20H19Cl2N3O3/c1-12(13-4-7-18(27-2)19(8-13)28-3)24-11-14(10-23)20(26)25-17-6-5-15(21)9-16(17)22/h4-9,11-12,24H,1-3H3,(H,25,26)/b14-11-. The Morgan fingerprint density at radius 3 is 2.46 bits per heavy atom. The summed E-state index contributed by atoms with van der Waals surface area (Å²) in [7, 11) is 3.12. The first-order chi connectivity index (χ1) is 13.4. The lowest BCUT2D eigenvalue weighted by Crippen LogP contribution is -2.18. The van der Waals surface area contributed by atoms with Crippen LogP contribution in [0.1, 0.15) is 18.5 Å². The van der Waals surface area contributed by atoms with Crippen molar-refractivity contribution in [2.24, 2.45) is 0 Å². The van der Waals surface area contributed by atoms with E-state index in [0.29, 0.717) is 22.2 Å². The summed E-state index contributed by atoms with van der Waals surface area (Å²) >= 11 is 11.9. The van der Waals surface area contributed by atoms with Crippen LogP contribution in [0.5, 0.6) is 11.5 Å². The van der Waals surface area contributed by atoms with E-state index in [4.69, 9.17) is 32.7 Å². The molecule has 28 heavy (non-hydrogen) atoms. The molecule has 0 saturated carbocycles. The number of anilines is 1. The molecule has 8 heteroatoms. The lowest BCUT2D eigenvalue weighted by atomic mass is 10.1. The van der Waals surface area contributed by atoms with E-state index < -0.39 is 5.91 Å². The van der Waals surface area contributed by atoms with E-state index in [1.165, 1.54) is 12.3 Å². The molecular weight excluding hydrogens is 401 g/mol. The Hall–Kier alpha value is -2.88. The summed E-state index contributed by atoms with van der Waals surface area (Å²) < 4.78 is 10.5. The quantitative estimate of drug-likeness (QED) is 0.501. The highest BCUT2D eigenvalue weighted by Gasteiger charge is 2.13. The zero-order chi connectivity index (χ0) is 20.7. The van der Waals surface area contributed by atoms with Gasteiger partial charge in [0.25, 0.3) is 5.91 Å². The third kappa shape index (κ3) is 5.32. The molecule has 1 atom stereocenters. The Morgan fingerprint density at radius 1 is 1.14 bits per heavy atom. The van der Waals surface area contributed by atoms with Crippen molar-refractivity contribution < 1.29 is 14.3 Å². The zero-order valence-corrected chi connectivity index (χ0v) is 17.1. The molecule has 6 nitrogen and oxygen atoms in total. The molecule has 2 aromatic carbocycles. The molecule has 1 amide bonds. The summed E-state index contributed by atoms with van der Waals surface area (Å²) in [5.41, 5.74) is 1.16. The van der Waals surface area contributed by atoms with Gasteiger partial charge >= 0.3 is 0 Å². The van der Waals surface area contributed by atoms with Crippen LogP contribution in [0.2, 0.25) is 10.0 Å². The summed E-state index contributed by atoms with van der Waals surface area (Å²) in [5, 5.41) is 15.7. The Labute approximate surface area is 173 Å². The van der Waals surface area contributed by atoms with Gasteiger partial charge < -0.3 is 20.1 Å². The number of nitrogens with zero attached hydrogens (tertiary/aromatic N) is 1. The number of carbonyl (C=O) groups is 1. The van der Waals surface area contributed by atoms with Crippen molar-refractivity contribution in [2.45, 2.75) is 13.0 Å². The van der Waals surface area contributed by atoms with E-state index >= 15 is 0 Å². The first-order valence-corrected chi connectivity index (χ1v) is 8.99. The molecule has 0 spiro atoms. The molecule has 2 rings (SSSR count). The predicted octanol–water partition coefficient (Wildman–Crippen LogP) is 4.71. The second-order valence-electron chi connectivity index (χ2n) is 5.75. The number of benzene rings is 2. The fourth-order valence-electron chi connectivity index (χ4n) is 2.36. The van der Waals surface area contributed by atoms with Gasteiger partial charge in [0.1, 0.15) is 11.6 Å². The van der Waals surface area contributed by atoms with Crippen LogP contribution < -0.4 is 20.1 Å². The number of carbonyl (C=O) groups excluding carboxylic acids is 1. The average Bonchev–Trinajstić information content (AvgIpc) is 2.69. The number of rotatable bonds is 7. The van der Waals surface area contributed by atoms with Gasteiger partial charge in [0, 0.05) is 17.3 Å². The molecular formula is C20H19Cl2N3O3. The van der Waals surface area contributed by atoms with E-state index in [-0.39, 0.29) is 16.6 Å². The number of nitrogens with one attached hydrogen (secondary N) is 2. The Bertz CT molecular complexity index is 939. The minimum Gasteiger partial charge on any atom is -0.493 e. The van der Waals surface area contributed by atoms with Crippen LogP contribution >= 0.6 is 23.2 Å². The second kappa shape index (κ2) is 9.88. The first kappa shape index (κ1) is 21.4. The van der Waals surface area contributed by atoms with Gasteiger partial charge in [-0.05, 0) is 42.8 Å². The zero-order valence-electron chi connectivity index (χ0n) is 15.5. The number of hydrogen-bond donors (Lipinski definition) is 2. The number of amides is 1. The van der Waals surface area contributed by atoms with Crippen molar-refractivity contribution in [3.8, 4) is 17.6 Å². The largest absolute Gasteiger partial charge is 0.493 e. The van der Waals surface area contributed by atoms with Gasteiger partial charge in [-0.25, -0.2) is 0 Å². The van der Waals surface area contributed by atoms with Gasteiger partial charge in [0.15, 0.2) is 11.5 Å². The number of nitriles is 1. The first-order valence-electron chi connectivity index (χ1n) is 8.24. The van der Waals surface area contributed by atoms with Crippen molar-refractivity contribution in [3.63, 3.8) is 0 Å². The Balaban J connectivity index is 2.11. The van der Waals surface area contributed by atoms with Gasteiger partial charge in [-0.3, -0.25) is 4.79 Å². The molecule has 0 fully saturated rings. The summed E-state index contributed by atoms with van der Waals surface area (Å²) in [6.07, 6.45) is 1.36. The van der Waals surface area contributed by atoms with Gasteiger partial charge in [-0.15, -0.1) is 0 Å². The summed E-state index contributed by atoms with van der Waals surface area (Å²) in [4.78, 5) is 12.3. The normalized spacial score (nSPS) is 11.9. The van der Waals surface area contributed by atoms with Crippen molar-refractivity contribution in [3.05, 3.63) is 63.8 Å². The molecule has 0 aliphatic carbocycles. The maximum absolute atomic E-state index is 12.3. The van der Waals surface area contributed by atoms with Gasteiger partial charge in [0.2, 0.25) is 0 Å². The smallest absolute Gasteiger partial charge is 0.267 e. The molecule has 1 unspecified atom stereocenters. The van der Waals surface area contributed by atoms with E-state index in [1.54, 1.807) is 32.4 Å². The van der Waals surface area contributed by atoms with Crippen molar-refractivity contribution in [1.82, 2.24) is 5.32 Å². The molecule has 0 aliphatic heterocycles. The van der Waals surface area contributed by atoms with Crippen LogP contribution in [0.15, 0.2) is 48.2 Å². The maximum Gasteiger partial charge on any atom is 0.267 e. The van der Waals surface area contributed by atoms with E-state index in [9.17, 15) is 10.1 Å². The number of methoxy groups -OCH3 is 2. The summed E-state index contributed by atoms with van der Waals surface area (Å²) in [6.45, 7) is 1.89. The van der Waals surface area contributed by atoms with Gasteiger partial charge in [-0.2, -0.15) is 5.26 Å². The predicted molar refractivity (Wildman–Crippen MR) is 110 cm³/mol. The van der Waals surface area contributed by atoms with Crippen LogP contribution in [0, 0.1) is 11.3 Å². The molecule has 146 valence electrons. The number of ether oxygens (including phenoxy) is 2. The van der Waals surface area contributed by atoms with E-state index in [2.05, 4.69) is 10.6 Å². The molecule has 0 aromatic heterocycles. The fraction of sp³-hybridized carbons (Fsp3) is 0.200. The third-order valence-electron chi connectivity index (χ3n) is 3.93. The minimum atomic E-state index is -0.585. The monoisotopic (exact) mass is 419 g/mol. The third-order valence-corrected chi connectivity index (χ3v) is 4.48. The molecule has 2 N–H and O–H groups in total. The van der Waals surface area contributed by atoms with Crippen LogP contribution in [0.3, 0.4) is 0 Å². The molecule has 0 aliphatic rings. The van der Waals surface area contributed by atoms with Crippen LogP contribution in [0.25, 0.3) is 0 Å².